The minimum Gasteiger partial charge on any atom is -0.444 e. The molecule has 5 nitrogen and oxygen atoms in total. The lowest BCUT2D eigenvalue weighted by Crippen LogP contribution is -2.41. The summed E-state index contributed by atoms with van der Waals surface area (Å²) in [6.45, 7) is 18.9. The van der Waals surface area contributed by atoms with E-state index in [1.165, 1.54) is 0 Å². The van der Waals surface area contributed by atoms with E-state index >= 15 is 0 Å². The average molecular weight is 401 g/mol. The first kappa shape index (κ1) is 23.5. The molecule has 1 aromatic rings. The maximum atomic E-state index is 12.4. The molecule has 2 aliphatic heterocycles. The Morgan fingerprint density at radius 1 is 1.07 bits per heavy atom. The topological polar surface area (TPSA) is 48.0 Å². The molecule has 1 fully saturated rings. The Kier molecular flexibility index (Phi) is 6.91. The van der Waals surface area contributed by atoms with E-state index in [0.717, 1.165) is 16.6 Å². The van der Waals surface area contributed by atoms with Gasteiger partial charge in [-0.3, -0.25) is 0 Å². The number of ether oxygens (including phenoxy) is 1. The molecule has 0 spiro atoms. The lowest BCUT2D eigenvalue weighted by Gasteiger charge is -2.32. The fraction of sp³-hybridized carbons (Fsp3) is 0.609. The highest BCUT2D eigenvalue weighted by molar-refractivity contribution is 6.63. The van der Waals surface area contributed by atoms with Gasteiger partial charge < -0.3 is 18.9 Å². The van der Waals surface area contributed by atoms with Gasteiger partial charge in [0.25, 0.3) is 0 Å². The molecule has 0 N–H and O–H groups in total. The Balaban J connectivity index is 0.00000145. The highest BCUT2D eigenvalue weighted by Crippen LogP contribution is 2.37. The van der Waals surface area contributed by atoms with Crippen LogP contribution in [0, 0.1) is 0 Å². The fourth-order valence-electron chi connectivity index (χ4n) is 3.18. The van der Waals surface area contributed by atoms with Gasteiger partial charge in [-0.2, -0.15) is 0 Å². The molecule has 3 rings (SSSR count). The smallest absolute Gasteiger partial charge is 0.444 e. The molecule has 2 aliphatic rings. The van der Waals surface area contributed by atoms with Crippen LogP contribution in [0.3, 0.4) is 0 Å². The molecule has 0 atom stereocenters. The Labute approximate surface area is 176 Å². The van der Waals surface area contributed by atoms with Crippen LogP contribution >= 0.6 is 0 Å². The summed E-state index contributed by atoms with van der Waals surface area (Å²) >= 11 is 0. The number of carbonyl (C=O) groups excluding carboxylic acids is 1. The van der Waals surface area contributed by atoms with Crippen LogP contribution in [0.5, 0.6) is 0 Å². The van der Waals surface area contributed by atoms with E-state index in [1.807, 2.05) is 52.8 Å². The quantitative estimate of drug-likeness (QED) is 0.677. The summed E-state index contributed by atoms with van der Waals surface area (Å²) in [5.74, 6) is 0. The monoisotopic (exact) mass is 401 g/mol. The van der Waals surface area contributed by atoms with Crippen LogP contribution in [0.25, 0.3) is 5.57 Å². The van der Waals surface area contributed by atoms with Gasteiger partial charge in [0.15, 0.2) is 0 Å². The number of hydrogen-bond donors (Lipinski definition) is 0. The first-order chi connectivity index (χ1) is 13.4. The SMILES string of the molecule is CC.CC(C)(C)OC(=O)N1CC=C(c2ccccc2B2OC(C)(C)C(C)(C)O2)C1. The third kappa shape index (κ3) is 5.23. The van der Waals surface area contributed by atoms with Crippen molar-refractivity contribution in [3.63, 3.8) is 0 Å². The van der Waals surface area contributed by atoms with Crippen molar-refractivity contribution in [1.29, 1.82) is 0 Å². The van der Waals surface area contributed by atoms with E-state index in [4.69, 9.17) is 14.0 Å². The van der Waals surface area contributed by atoms with Crippen molar-refractivity contribution in [1.82, 2.24) is 4.90 Å². The van der Waals surface area contributed by atoms with Crippen LogP contribution < -0.4 is 5.46 Å². The first-order valence-corrected chi connectivity index (χ1v) is 10.5. The molecular formula is C23H36BNO4. The third-order valence-corrected chi connectivity index (χ3v) is 5.38. The van der Waals surface area contributed by atoms with Crippen LogP contribution in [0.2, 0.25) is 0 Å². The first-order valence-electron chi connectivity index (χ1n) is 10.5. The minimum absolute atomic E-state index is 0.290. The summed E-state index contributed by atoms with van der Waals surface area (Å²) < 4.78 is 18.0. The molecule has 0 radical (unpaired) electrons. The van der Waals surface area contributed by atoms with Crippen molar-refractivity contribution in [2.24, 2.45) is 0 Å². The Hall–Kier alpha value is -1.79. The van der Waals surface area contributed by atoms with Crippen LogP contribution in [0.15, 0.2) is 30.3 Å². The minimum atomic E-state index is -0.500. The van der Waals surface area contributed by atoms with Crippen molar-refractivity contribution in [3.05, 3.63) is 35.9 Å². The molecule has 6 heteroatoms. The summed E-state index contributed by atoms with van der Waals surface area (Å²) in [4.78, 5) is 14.1. The fourth-order valence-corrected chi connectivity index (χ4v) is 3.18. The van der Waals surface area contributed by atoms with E-state index < -0.39 is 23.9 Å². The molecule has 0 saturated carbocycles. The Morgan fingerprint density at radius 3 is 2.17 bits per heavy atom. The van der Waals surface area contributed by atoms with Crippen molar-refractivity contribution < 1.29 is 18.8 Å². The zero-order valence-electron chi connectivity index (χ0n) is 19.5. The number of benzene rings is 1. The molecular weight excluding hydrogens is 365 g/mol. The average Bonchev–Trinajstić information content (AvgIpc) is 3.18. The number of carbonyl (C=O) groups is 1. The van der Waals surface area contributed by atoms with Gasteiger partial charge in [-0.25, -0.2) is 4.79 Å². The molecule has 0 aliphatic carbocycles. The second-order valence-electron chi connectivity index (χ2n) is 9.27. The number of nitrogens with zero attached hydrogens (tertiary/aromatic N) is 1. The van der Waals surface area contributed by atoms with E-state index in [1.54, 1.807) is 4.90 Å². The van der Waals surface area contributed by atoms with Crippen LogP contribution in [0.4, 0.5) is 4.79 Å². The van der Waals surface area contributed by atoms with Crippen molar-refractivity contribution in [2.45, 2.75) is 79.1 Å². The molecule has 0 aromatic heterocycles. The highest BCUT2D eigenvalue weighted by Gasteiger charge is 2.52. The standard InChI is InChI=1S/C21H30BNO4.C2H6/c1-19(2,3)25-18(24)23-13-12-15(14-23)16-10-8-9-11-17(16)22-26-20(4,5)21(6,7)27-22;1-2/h8-12H,13-14H2,1-7H3;1-2H3. The summed E-state index contributed by atoms with van der Waals surface area (Å²) in [7, 11) is -0.428. The predicted molar refractivity (Wildman–Crippen MR) is 119 cm³/mol. The van der Waals surface area contributed by atoms with Crippen molar-refractivity contribution >= 4 is 24.2 Å². The molecule has 160 valence electrons. The van der Waals surface area contributed by atoms with Crippen LogP contribution in [0.1, 0.15) is 67.9 Å². The van der Waals surface area contributed by atoms with Gasteiger partial charge in [-0.15, -0.1) is 0 Å². The van der Waals surface area contributed by atoms with Crippen molar-refractivity contribution in [2.75, 3.05) is 13.1 Å². The molecule has 0 bridgehead atoms. The molecule has 2 heterocycles. The Bertz CT molecular complexity index is 748. The van der Waals surface area contributed by atoms with Gasteiger partial charge in [0.2, 0.25) is 0 Å². The number of rotatable bonds is 2. The summed E-state index contributed by atoms with van der Waals surface area (Å²) in [5.41, 5.74) is 1.86. The molecule has 1 amide bonds. The maximum absolute atomic E-state index is 12.4. The van der Waals surface area contributed by atoms with Crippen molar-refractivity contribution in [3.8, 4) is 0 Å². The van der Waals surface area contributed by atoms with Gasteiger partial charge in [-0.1, -0.05) is 44.2 Å². The largest absolute Gasteiger partial charge is 0.495 e. The van der Waals surface area contributed by atoms with Gasteiger partial charge in [0, 0.05) is 13.1 Å². The molecule has 29 heavy (non-hydrogen) atoms. The molecule has 1 saturated heterocycles. The molecule has 1 aromatic carbocycles. The normalized spacial score (nSPS) is 20.1. The van der Waals surface area contributed by atoms with E-state index in [-0.39, 0.29) is 6.09 Å². The zero-order valence-corrected chi connectivity index (χ0v) is 19.5. The summed E-state index contributed by atoms with van der Waals surface area (Å²) in [6, 6.07) is 8.09. The van der Waals surface area contributed by atoms with Crippen LogP contribution in [-0.4, -0.2) is 48.0 Å². The summed E-state index contributed by atoms with van der Waals surface area (Å²) in [5, 5.41) is 0. The number of hydrogen-bond acceptors (Lipinski definition) is 4. The second-order valence-corrected chi connectivity index (χ2v) is 9.27. The van der Waals surface area contributed by atoms with E-state index in [9.17, 15) is 4.79 Å². The molecule has 0 unspecified atom stereocenters. The Morgan fingerprint density at radius 2 is 1.62 bits per heavy atom. The van der Waals surface area contributed by atoms with E-state index in [0.29, 0.717) is 13.1 Å². The van der Waals surface area contributed by atoms with Gasteiger partial charge in [0.05, 0.1) is 11.2 Å². The van der Waals surface area contributed by atoms with Gasteiger partial charge in [-0.05, 0) is 65.1 Å². The zero-order chi connectivity index (χ0) is 22.0. The van der Waals surface area contributed by atoms with Crippen LogP contribution in [-0.2, 0) is 14.0 Å². The predicted octanol–water partition coefficient (Wildman–Crippen LogP) is 4.65. The second kappa shape index (κ2) is 8.53. The highest BCUT2D eigenvalue weighted by atomic mass is 16.7. The summed E-state index contributed by atoms with van der Waals surface area (Å²) in [6.07, 6.45) is 1.79. The lowest BCUT2D eigenvalue weighted by atomic mass is 9.74. The van der Waals surface area contributed by atoms with E-state index in [2.05, 4.69) is 39.8 Å². The van der Waals surface area contributed by atoms with Gasteiger partial charge in [0.1, 0.15) is 5.60 Å². The third-order valence-electron chi connectivity index (χ3n) is 5.38. The lowest BCUT2D eigenvalue weighted by molar-refractivity contribution is 0.00578. The van der Waals surface area contributed by atoms with Gasteiger partial charge >= 0.3 is 13.2 Å². The maximum Gasteiger partial charge on any atom is 0.495 e. The number of amides is 1.